The molecule has 0 bridgehead atoms. The van der Waals surface area contributed by atoms with Gasteiger partial charge in [0.2, 0.25) is 0 Å². The zero-order valence-electron chi connectivity index (χ0n) is 11.3. The number of aliphatic hydroxyl groups excluding tert-OH is 1. The lowest BCUT2D eigenvalue weighted by Crippen LogP contribution is -2.38. The zero-order valence-corrected chi connectivity index (χ0v) is 12.1. The van der Waals surface area contributed by atoms with Crippen LogP contribution in [0.25, 0.3) is 0 Å². The molecule has 0 aliphatic carbocycles. The fraction of sp³-hybridized carbons (Fsp3) is 1.00. The lowest BCUT2D eigenvalue weighted by atomic mass is 10.1. The van der Waals surface area contributed by atoms with Gasteiger partial charge in [-0.2, -0.15) is 11.8 Å². The Hall–Kier alpha value is 0.230. The predicted octanol–water partition coefficient (Wildman–Crippen LogP) is 1.89. The molecule has 1 saturated heterocycles. The molecule has 0 spiro atoms. The molecule has 0 aromatic heterocycles. The maximum Gasteiger partial charge on any atom is 0.0897 e. The Morgan fingerprint density at radius 2 is 2.18 bits per heavy atom. The van der Waals surface area contributed by atoms with E-state index in [0.29, 0.717) is 25.1 Å². The Balaban J connectivity index is 2.01. The normalized spacial score (nSPS) is 24.2. The van der Waals surface area contributed by atoms with Crippen LogP contribution >= 0.6 is 11.8 Å². The van der Waals surface area contributed by atoms with Crippen LogP contribution in [0.15, 0.2) is 0 Å². The number of ether oxygens (including phenoxy) is 1. The second-order valence-corrected chi connectivity index (χ2v) is 6.55. The second-order valence-electron chi connectivity index (χ2n) is 5.40. The van der Waals surface area contributed by atoms with Crippen LogP contribution in [-0.2, 0) is 4.74 Å². The minimum atomic E-state index is -0.379. The van der Waals surface area contributed by atoms with E-state index in [9.17, 15) is 5.11 Å². The minimum Gasteiger partial charge on any atom is -0.389 e. The third-order valence-electron chi connectivity index (χ3n) is 2.95. The SMILES string of the molecule is CC(C)CC(C)OCC(O)CNC1CCSC1. The lowest BCUT2D eigenvalue weighted by Gasteiger charge is -2.19. The molecular formula is C13H27NO2S. The van der Waals surface area contributed by atoms with Crippen molar-refractivity contribution in [3.63, 3.8) is 0 Å². The molecule has 17 heavy (non-hydrogen) atoms. The van der Waals surface area contributed by atoms with Gasteiger partial charge in [0.15, 0.2) is 0 Å². The summed E-state index contributed by atoms with van der Waals surface area (Å²) in [6, 6.07) is 0.586. The van der Waals surface area contributed by atoms with Gasteiger partial charge in [0.25, 0.3) is 0 Å². The Kier molecular flexibility index (Phi) is 7.51. The van der Waals surface area contributed by atoms with E-state index >= 15 is 0 Å². The van der Waals surface area contributed by atoms with E-state index in [1.54, 1.807) is 0 Å². The first kappa shape index (κ1) is 15.3. The summed E-state index contributed by atoms with van der Waals surface area (Å²) in [5, 5.41) is 13.2. The van der Waals surface area contributed by atoms with Crippen molar-refractivity contribution < 1.29 is 9.84 Å². The highest BCUT2D eigenvalue weighted by Gasteiger charge is 2.16. The second kappa shape index (κ2) is 8.35. The van der Waals surface area contributed by atoms with Crippen molar-refractivity contribution in [1.82, 2.24) is 5.32 Å². The highest BCUT2D eigenvalue weighted by Crippen LogP contribution is 2.16. The highest BCUT2D eigenvalue weighted by atomic mass is 32.2. The van der Waals surface area contributed by atoms with Gasteiger partial charge in [-0.1, -0.05) is 13.8 Å². The predicted molar refractivity (Wildman–Crippen MR) is 74.6 cm³/mol. The topological polar surface area (TPSA) is 41.5 Å². The summed E-state index contributed by atoms with van der Waals surface area (Å²) < 4.78 is 5.63. The van der Waals surface area contributed by atoms with Crippen molar-refractivity contribution in [2.24, 2.45) is 5.92 Å². The van der Waals surface area contributed by atoms with Crippen molar-refractivity contribution in [1.29, 1.82) is 0 Å². The van der Waals surface area contributed by atoms with Crippen molar-refractivity contribution in [2.75, 3.05) is 24.7 Å². The van der Waals surface area contributed by atoms with Gasteiger partial charge in [0, 0.05) is 18.3 Å². The standard InChI is InChI=1S/C13H27NO2S/c1-10(2)6-11(3)16-8-13(15)7-14-12-4-5-17-9-12/h10-15H,4-9H2,1-3H3. The average Bonchev–Trinajstić information content (AvgIpc) is 2.75. The molecule has 3 atom stereocenters. The van der Waals surface area contributed by atoms with Gasteiger partial charge in [-0.3, -0.25) is 0 Å². The van der Waals surface area contributed by atoms with E-state index in [-0.39, 0.29) is 12.2 Å². The molecule has 0 radical (unpaired) electrons. The van der Waals surface area contributed by atoms with Gasteiger partial charge in [0.1, 0.15) is 0 Å². The van der Waals surface area contributed by atoms with Crippen molar-refractivity contribution in [3.05, 3.63) is 0 Å². The Bertz CT molecular complexity index is 196. The largest absolute Gasteiger partial charge is 0.389 e. The van der Waals surface area contributed by atoms with Crippen LogP contribution in [0, 0.1) is 5.92 Å². The molecule has 0 amide bonds. The van der Waals surface area contributed by atoms with Crippen molar-refractivity contribution in [3.8, 4) is 0 Å². The molecule has 0 aromatic rings. The molecule has 102 valence electrons. The van der Waals surface area contributed by atoms with Crippen LogP contribution in [0.3, 0.4) is 0 Å². The molecule has 1 fully saturated rings. The number of hydrogen-bond donors (Lipinski definition) is 2. The third-order valence-corrected chi connectivity index (χ3v) is 4.11. The van der Waals surface area contributed by atoms with Crippen molar-refractivity contribution in [2.45, 2.75) is 51.9 Å². The van der Waals surface area contributed by atoms with E-state index in [4.69, 9.17) is 4.74 Å². The Morgan fingerprint density at radius 3 is 2.76 bits per heavy atom. The lowest BCUT2D eigenvalue weighted by molar-refractivity contribution is -0.00905. The van der Waals surface area contributed by atoms with Crippen LogP contribution in [0.2, 0.25) is 0 Å². The van der Waals surface area contributed by atoms with Crippen LogP contribution in [-0.4, -0.2) is 48.0 Å². The van der Waals surface area contributed by atoms with Gasteiger partial charge in [-0.25, -0.2) is 0 Å². The maximum atomic E-state index is 9.80. The number of thioether (sulfide) groups is 1. The van der Waals surface area contributed by atoms with Gasteiger partial charge < -0.3 is 15.2 Å². The maximum absolute atomic E-state index is 9.80. The minimum absolute atomic E-state index is 0.242. The highest BCUT2D eigenvalue weighted by molar-refractivity contribution is 7.99. The molecule has 1 rings (SSSR count). The molecule has 2 N–H and O–H groups in total. The molecule has 4 heteroatoms. The first-order valence-corrected chi connectivity index (χ1v) is 7.84. The summed E-state index contributed by atoms with van der Waals surface area (Å²) in [7, 11) is 0. The summed E-state index contributed by atoms with van der Waals surface area (Å²) >= 11 is 1.98. The van der Waals surface area contributed by atoms with E-state index in [2.05, 4.69) is 26.1 Å². The quantitative estimate of drug-likeness (QED) is 0.700. The van der Waals surface area contributed by atoms with Crippen molar-refractivity contribution >= 4 is 11.8 Å². The summed E-state index contributed by atoms with van der Waals surface area (Å²) in [6.07, 6.45) is 2.14. The van der Waals surface area contributed by atoms with E-state index in [0.717, 1.165) is 6.42 Å². The van der Waals surface area contributed by atoms with Gasteiger partial charge in [-0.15, -0.1) is 0 Å². The summed E-state index contributed by atoms with van der Waals surface area (Å²) in [5.41, 5.74) is 0. The molecule has 1 aliphatic heterocycles. The number of hydrogen-bond acceptors (Lipinski definition) is 4. The van der Waals surface area contributed by atoms with E-state index < -0.39 is 0 Å². The molecule has 1 aliphatic rings. The Labute approximate surface area is 110 Å². The molecule has 0 saturated carbocycles. The fourth-order valence-electron chi connectivity index (χ4n) is 2.06. The Morgan fingerprint density at radius 1 is 1.41 bits per heavy atom. The first-order chi connectivity index (χ1) is 8.08. The molecule has 1 heterocycles. The summed E-state index contributed by atoms with van der Waals surface area (Å²) in [5.74, 6) is 3.07. The first-order valence-electron chi connectivity index (χ1n) is 6.68. The number of aliphatic hydroxyl groups is 1. The van der Waals surface area contributed by atoms with E-state index in [1.807, 2.05) is 11.8 Å². The van der Waals surface area contributed by atoms with Gasteiger partial charge >= 0.3 is 0 Å². The monoisotopic (exact) mass is 261 g/mol. The van der Waals surface area contributed by atoms with Crippen LogP contribution in [0.1, 0.15) is 33.6 Å². The number of rotatable bonds is 8. The average molecular weight is 261 g/mol. The van der Waals surface area contributed by atoms with Crippen LogP contribution in [0.4, 0.5) is 0 Å². The van der Waals surface area contributed by atoms with Gasteiger partial charge in [0.05, 0.1) is 18.8 Å². The fourth-order valence-corrected chi connectivity index (χ4v) is 3.25. The molecular weight excluding hydrogens is 234 g/mol. The summed E-state index contributed by atoms with van der Waals surface area (Å²) in [4.78, 5) is 0. The zero-order chi connectivity index (χ0) is 12.7. The van der Waals surface area contributed by atoms with Crippen LogP contribution in [0.5, 0.6) is 0 Å². The van der Waals surface area contributed by atoms with Gasteiger partial charge in [-0.05, 0) is 31.4 Å². The molecule has 0 aromatic carbocycles. The van der Waals surface area contributed by atoms with Crippen LogP contribution < -0.4 is 5.32 Å². The van der Waals surface area contributed by atoms with E-state index in [1.165, 1.54) is 17.9 Å². The molecule has 3 unspecified atom stereocenters. The third kappa shape index (κ3) is 7.29. The molecule has 3 nitrogen and oxygen atoms in total. The summed E-state index contributed by atoms with van der Waals surface area (Å²) in [6.45, 7) is 7.55. The number of nitrogens with one attached hydrogen (secondary N) is 1. The smallest absolute Gasteiger partial charge is 0.0897 e.